The highest BCUT2D eigenvalue weighted by atomic mass is 16.6. The Morgan fingerprint density at radius 1 is 1.19 bits per heavy atom. The molecule has 1 aromatic carbocycles. The van der Waals surface area contributed by atoms with E-state index in [1.807, 2.05) is 26.8 Å². The molecular formula is C17H24O4. The van der Waals surface area contributed by atoms with Crippen molar-refractivity contribution in [2.24, 2.45) is 5.92 Å². The highest BCUT2D eigenvalue weighted by Gasteiger charge is 2.31. The van der Waals surface area contributed by atoms with Crippen LogP contribution in [0.2, 0.25) is 0 Å². The van der Waals surface area contributed by atoms with Gasteiger partial charge < -0.3 is 9.47 Å². The Kier molecular flexibility index (Phi) is 6.40. The lowest BCUT2D eigenvalue weighted by Gasteiger charge is -2.27. The summed E-state index contributed by atoms with van der Waals surface area (Å²) in [5.41, 5.74) is -0.367. The Balaban J connectivity index is 2.63. The molecule has 0 fully saturated rings. The lowest BCUT2D eigenvalue weighted by Crippen LogP contribution is -2.34. The third kappa shape index (κ3) is 5.98. The van der Waals surface area contributed by atoms with Crippen molar-refractivity contribution in [3.8, 4) is 0 Å². The predicted octanol–water partition coefficient (Wildman–Crippen LogP) is 3.60. The second kappa shape index (κ2) is 7.81. The Morgan fingerprint density at radius 3 is 2.33 bits per heavy atom. The summed E-state index contributed by atoms with van der Waals surface area (Å²) in [6, 6.07) is 8.76. The standard InChI is InChI=1S/C17H24O4/c1-5-17(4,11-15(18)20-12-13(2)3)21-16(19)14-9-7-6-8-10-14/h6-10,13H,5,11-12H2,1-4H3/t17-/m0/s1. The summed E-state index contributed by atoms with van der Waals surface area (Å²) >= 11 is 0. The molecular weight excluding hydrogens is 268 g/mol. The summed E-state index contributed by atoms with van der Waals surface area (Å²) in [6.07, 6.45) is 0.608. The first-order valence-corrected chi connectivity index (χ1v) is 7.30. The van der Waals surface area contributed by atoms with Gasteiger partial charge in [-0.1, -0.05) is 39.0 Å². The molecule has 0 aliphatic heterocycles. The SMILES string of the molecule is CC[C@@](C)(CC(=O)OCC(C)C)OC(=O)c1ccccc1. The molecule has 0 bridgehead atoms. The number of esters is 2. The minimum absolute atomic E-state index is 0.0643. The van der Waals surface area contributed by atoms with E-state index >= 15 is 0 Å². The quantitative estimate of drug-likeness (QED) is 0.720. The van der Waals surface area contributed by atoms with Crippen LogP contribution in [0, 0.1) is 5.92 Å². The second-order valence-corrected chi connectivity index (χ2v) is 5.81. The van der Waals surface area contributed by atoms with E-state index in [2.05, 4.69) is 0 Å². The van der Waals surface area contributed by atoms with Crippen LogP contribution >= 0.6 is 0 Å². The van der Waals surface area contributed by atoms with E-state index in [-0.39, 0.29) is 18.3 Å². The first-order valence-electron chi connectivity index (χ1n) is 7.30. The van der Waals surface area contributed by atoms with Gasteiger partial charge in [-0.2, -0.15) is 0 Å². The molecule has 0 radical (unpaired) electrons. The van der Waals surface area contributed by atoms with Crippen molar-refractivity contribution in [2.75, 3.05) is 6.61 Å². The Bertz CT molecular complexity index is 467. The summed E-state index contributed by atoms with van der Waals surface area (Å²) in [7, 11) is 0. The van der Waals surface area contributed by atoms with Gasteiger partial charge in [0, 0.05) is 0 Å². The number of carbonyl (C=O) groups excluding carboxylic acids is 2. The predicted molar refractivity (Wildman–Crippen MR) is 81.0 cm³/mol. The molecule has 0 saturated carbocycles. The molecule has 0 aliphatic rings. The van der Waals surface area contributed by atoms with Gasteiger partial charge in [0.15, 0.2) is 0 Å². The van der Waals surface area contributed by atoms with Gasteiger partial charge in [-0.25, -0.2) is 4.79 Å². The average molecular weight is 292 g/mol. The van der Waals surface area contributed by atoms with E-state index in [9.17, 15) is 9.59 Å². The lowest BCUT2D eigenvalue weighted by molar-refractivity contribution is -0.150. The topological polar surface area (TPSA) is 52.6 Å². The number of rotatable bonds is 7. The van der Waals surface area contributed by atoms with E-state index in [1.165, 1.54) is 0 Å². The molecule has 1 rings (SSSR count). The van der Waals surface area contributed by atoms with Crippen LogP contribution in [0.25, 0.3) is 0 Å². The van der Waals surface area contributed by atoms with Gasteiger partial charge in [-0.15, -0.1) is 0 Å². The maximum Gasteiger partial charge on any atom is 0.338 e. The zero-order valence-corrected chi connectivity index (χ0v) is 13.2. The van der Waals surface area contributed by atoms with Crippen molar-refractivity contribution in [1.82, 2.24) is 0 Å². The first-order chi connectivity index (χ1) is 9.86. The van der Waals surface area contributed by atoms with E-state index < -0.39 is 11.6 Å². The molecule has 0 heterocycles. The number of ether oxygens (including phenoxy) is 2. The van der Waals surface area contributed by atoms with Gasteiger partial charge >= 0.3 is 11.9 Å². The molecule has 0 aromatic heterocycles. The molecule has 0 saturated heterocycles. The van der Waals surface area contributed by atoms with E-state index in [4.69, 9.17) is 9.47 Å². The summed E-state index contributed by atoms with van der Waals surface area (Å²) in [4.78, 5) is 23.9. The zero-order valence-electron chi connectivity index (χ0n) is 13.2. The van der Waals surface area contributed by atoms with Crippen LogP contribution in [0.5, 0.6) is 0 Å². The van der Waals surface area contributed by atoms with E-state index in [0.717, 1.165) is 0 Å². The van der Waals surface area contributed by atoms with Crippen molar-refractivity contribution in [1.29, 1.82) is 0 Å². The second-order valence-electron chi connectivity index (χ2n) is 5.81. The molecule has 0 unspecified atom stereocenters. The van der Waals surface area contributed by atoms with E-state index in [0.29, 0.717) is 18.6 Å². The monoisotopic (exact) mass is 292 g/mol. The number of carbonyl (C=O) groups is 2. The van der Waals surface area contributed by atoms with Crippen molar-refractivity contribution >= 4 is 11.9 Å². The molecule has 0 spiro atoms. The fourth-order valence-corrected chi connectivity index (χ4v) is 1.71. The largest absolute Gasteiger partial charge is 0.465 e. The number of benzene rings is 1. The molecule has 4 heteroatoms. The van der Waals surface area contributed by atoms with Crippen LogP contribution in [-0.4, -0.2) is 24.1 Å². The molecule has 4 nitrogen and oxygen atoms in total. The van der Waals surface area contributed by atoms with Crippen LogP contribution in [0.4, 0.5) is 0 Å². The molecule has 21 heavy (non-hydrogen) atoms. The Hall–Kier alpha value is -1.84. The van der Waals surface area contributed by atoms with Crippen LogP contribution < -0.4 is 0 Å². The highest BCUT2D eigenvalue weighted by molar-refractivity contribution is 5.89. The Morgan fingerprint density at radius 2 is 1.81 bits per heavy atom. The first kappa shape index (κ1) is 17.2. The van der Waals surface area contributed by atoms with E-state index in [1.54, 1.807) is 31.2 Å². The lowest BCUT2D eigenvalue weighted by atomic mass is 9.98. The summed E-state index contributed by atoms with van der Waals surface area (Å²) < 4.78 is 10.7. The van der Waals surface area contributed by atoms with Crippen molar-refractivity contribution in [2.45, 2.75) is 46.1 Å². The fraction of sp³-hybridized carbons (Fsp3) is 0.529. The van der Waals surface area contributed by atoms with Gasteiger partial charge in [-0.05, 0) is 31.4 Å². The van der Waals surface area contributed by atoms with Crippen molar-refractivity contribution in [3.63, 3.8) is 0 Å². The summed E-state index contributed by atoms with van der Waals surface area (Å²) in [5, 5.41) is 0. The number of hydrogen-bond donors (Lipinski definition) is 0. The molecule has 116 valence electrons. The molecule has 0 aliphatic carbocycles. The smallest absolute Gasteiger partial charge is 0.338 e. The molecule has 1 aromatic rings. The van der Waals surface area contributed by atoms with Crippen LogP contribution in [-0.2, 0) is 14.3 Å². The minimum Gasteiger partial charge on any atom is -0.465 e. The molecule has 0 N–H and O–H groups in total. The third-order valence-electron chi connectivity index (χ3n) is 3.19. The van der Waals surface area contributed by atoms with Crippen LogP contribution in [0.15, 0.2) is 30.3 Å². The highest BCUT2D eigenvalue weighted by Crippen LogP contribution is 2.22. The maximum atomic E-state index is 12.1. The number of hydrogen-bond acceptors (Lipinski definition) is 4. The molecule has 1 atom stereocenters. The van der Waals surface area contributed by atoms with Gasteiger partial charge in [0.05, 0.1) is 18.6 Å². The van der Waals surface area contributed by atoms with Crippen LogP contribution in [0.1, 0.15) is 50.9 Å². The van der Waals surface area contributed by atoms with Gasteiger partial charge in [0.1, 0.15) is 5.60 Å². The van der Waals surface area contributed by atoms with Crippen molar-refractivity contribution in [3.05, 3.63) is 35.9 Å². The van der Waals surface area contributed by atoms with Gasteiger partial charge in [0.2, 0.25) is 0 Å². The van der Waals surface area contributed by atoms with Crippen LogP contribution in [0.3, 0.4) is 0 Å². The third-order valence-corrected chi connectivity index (χ3v) is 3.19. The van der Waals surface area contributed by atoms with Gasteiger partial charge in [0.25, 0.3) is 0 Å². The normalized spacial score (nSPS) is 13.6. The maximum absolute atomic E-state index is 12.1. The average Bonchev–Trinajstić information content (AvgIpc) is 2.46. The summed E-state index contributed by atoms with van der Waals surface area (Å²) in [5.74, 6) is -0.473. The minimum atomic E-state index is -0.846. The fourth-order valence-electron chi connectivity index (χ4n) is 1.71. The molecule has 0 amide bonds. The van der Waals surface area contributed by atoms with Gasteiger partial charge in [-0.3, -0.25) is 4.79 Å². The summed E-state index contributed by atoms with van der Waals surface area (Å²) in [6.45, 7) is 7.97. The Labute approximate surface area is 126 Å². The zero-order chi connectivity index (χ0) is 15.9. The van der Waals surface area contributed by atoms with Crippen molar-refractivity contribution < 1.29 is 19.1 Å².